The largest absolute Gasteiger partial charge is 0.386 e. The molecular weight excluding hydrogens is 168 g/mol. The zero-order chi connectivity index (χ0) is 9.84. The summed E-state index contributed by atoms with van der Waals surface area (Å²) in [5.41, 5.74) is 0. The number of aliphatic hydroxyl groups excluding tert-OH is 1. The van der Waals surface area contributed by atoms with Gasteiger partial charge >= 0.3 is 0 Å². The van der Waals surface area contributed by atoms with E-state index in [1.54, 1.807) is 7.11 Å². The topological polar surface area (TPSA) is 38.7 Å². The van der Waals surface area contributed by atoms with Gasteiger partial charge in [0.25, 0.3) is 0 Å². The molecule has 0 amide bonds. The third-order valence-electron chi connectivity index (χ3n) is 2.53. The summed E-state index contributed by atoms with van der Waals surface area (Å²) in [5.74, 6) is 0.401. The first-order chi connectivity index (χ1) is 6.19. The summed E-state index contributed by atoms with van der Waals surface area (Å²) in [4.78, 5) is 0. The molecular formula is C10H18O3. The summed E-state index contributed by atoms with van der Waals surface area (Å²) in [6.45, 7) is 5.62. The van der Waals surface area contributed by atoms with Crippen molar-refractivity contribution in [3.63, 3.8) is 0 Å². The highest BCUT2D eigenvalue weighted by Crippen LogP contribution is 2.26. The first kappa shape index (κ1) is 10.7. The van der Waals surface area contributed by atoms with Gasteiger partial charge in [-0.25, -0.2) is 0 Å². The molecule has 13 heavy (non-hydrogen) atoms. The van der Waals surface area contributed by atoms with Crippen LogP contribution in [-0.2, 0) is 9.47 Å². The third kappa shape index (κ3) is 2.53. The molecule has 1 aliphatic heterocycles. The molecule has 3 nitrogen and oxygen atoms in total. The molecule has 0 bridgehead atoms. The zero-order valence-electron chi connectivity index (χ0n) is 8.27. The van der Waals surface area contributed by atoms with Crippen LogP contribution in [0, 0.1) is 5.92 Å². The smallest absolute Gasteiger partial charge is 0.160 e. The highest BCUT2D eigenvalue weighted by atomic mass is 16.7. The lowest BCUT2D eigenvalue weighted by Crippen LogP contribution is -2.40. The minimum absolute atomic E-state index is 0.154. The van der Waals surface area contributed by atoms with E-state index in [0.717, 1.165) is 12.8 Å². The number of hydrogen-bond donors (Lipinski definition) is 1. The van der Waals surface area contributed by atoms with Gasteiger partial charge in [0, 0.05) is 13.0 Å². The van der Waals surface area contributed by atoms with Crippen LogP contribution >= 0.6 is 0 Å². The molecule has 0 aromatic rings. The van der Waals surface area contributed by atoms with E-state index in [9.17, 15) is 5.11 Å². The molecule has 1 N–H and O–H groups in total. The average molecular weight is 186 g/mol. The highest BCUT2D eigenvalue weighted by molar-refractivity contribution is 4.87. The van der Waals surface area contributed by atoms with E-state index >= 15 is 0 Å². The predicted molar refractivity (Wildman–Crippen MR) is 50.3 cm³/mol. The average Bonchev–Trinajstić information content (AvgIpc) is 2.17. The summed E-state index contributed by atoms with van der Waals surface area (Å²) in [7, 11) is 1.63. The maximum atomic E-state index is 9.48. The second kappa shape index (κ2) is 4.74. The van der Waals surface area contributed by atoms with Crippen LogP contribution in [0.3, 0.4) is 0 Å². The molecule has 1 heterocycles. The Morgan fingerprint density at radius 1 is 1.62 bits per heavy atom. The lowest BCUT2D eigenvalue weighted by molar-refractivity contribution is -0.220. The third-order valence-corrected chi connectivity index (χ3v) is 2.53. The second-order valence-electron chi connectivity index (χ2n) is 3.56. The van der Waals surface area contributed by atoms with E-state index in [2.05, 4.69) is 13.5 Å². The first-order valence-corrected chi connectivity index (χ1v) is 4.68. The molecule has 0 aromatic carbocycles. The minimum Gasteiger partial charge on any atom is -0.386 e. The molecule has 1 aliphatic rings. The molecule has 0 saturated carbocycles. The Morgan fingerprint density at radius 2 is 2.31 bits per heavy atom. The van der Waals surface area contributed by atoms with Crippen molar-refractivity contribution in [1.29, 1.82) is 0 Å². The van der Waals surface area contributed by atoms with Gasteiger partial charge in [-0.05, 0) is 12.8 Å². The molecule has 3 heteroatoms. The lowest BCUT2D eigenvalue weighted by Gasteiger charge is -2.35. The predicted octanol–water partition coefficient (Wildman–Crippen LogP) is 1.32. The van der Waals surface area contributed by atoms with Gasteiger partial charge in [-0.2, -0.15) is 0 Å². The summed E-state index contributed by atoms with van der Waals surface area (Å²) in [6, 6.07) is 0. The van der Waals surface area contributed by atoms with Crippen LogP contribution in [-0.4, -0.2) is 30.7 Å². The van der Waals surface area contributed by atoms with Gasteiger partial charge in [0.05, 0.1) is 12.2 Å². The maximum absolute atomic E-state index is 9.48. The molecule has 1 rings (SSSR count). The van der Waals surface area contributed by atoms with Crippen LogP contribution in [0.1, 0.15) is 19.8 Å². The van der Waals surface area contributed by atoms with E-state index in [1.807, 2.05) is 0 Å². The lowest BCUT2D eigenvalue weighted by atomic mass is 9.96. The summed E-state index contributed by atoms with van der Waals surface area (Å²) >= 11 is 0. The molecule has 0 spiro atoms. The summed E-state index contributed by atoms with van der Waals surface area (Å²) in [5, 5.41) is 9.48. The Hall–Kier alpha value is -0.380. The zero-order valence-corrected chi connectivity index (χ0v) is 8.27. The summed E-state index contributed by atoms with van der Waals surface area (Å²) in [6.07, 6.45) is 2.48. The van der Waals surface area contributed by atoms with Crippen molar-refractivity contribution >= 4 is 0 Å². The van der Waals surface area contributed by atoms with Gasteiger partial charge in [0.2, 0.25) is 0 Å². The number of methoxy groups -OCH3 is 1. The van der Waals surface area contributed by atoms with Crippen LogP contribution < -0.4 is 0 Å². The first-order valence-electron chi connectivity index (χ1n) is 4.68. The van der Waals surface area contributed by atoms with Crippen molar-refractivity contribution in [2.24, 2.45) is 5.92 Å². The fourth-order valence-corrected chi connectivity index (χ4v) is 1.63. The van der Waals surface area contributed by atoms with Crippen LogP contribution in [0.15, 0.2) is 12.7 Å². The van der Waals surface area contributed by atoms with E-state index < -0.39 is 6.10 Å². The van der Waals surface area contributed by atoms with E-state index in [1.165, 1.54) is 6.08 Å². The highest BCUT2D eigenvalue weighted by Gasteiger charge is 2.31. The van der Waals surface area contributed by atoms with Gasteiger partial charge in [-0.3, -0.25) is 0 Å². The van der Waals surface area contributed by atoms with Crippen LogP contribution in [0.5, 0.6) is 0 Å². The van der Waals surface area contributed by atoms with Crippen molar-refractivity contribution in [1.82, 2.24) is 0 Å². The van der Waals surface area contributed by atoms with Crippen molar-refractivity contribution < 1.29 is 14.6 Å². The second-order valence-corrected chi connectivity index (χ2v) is 3.56. The quantitative estimate of drug-likeness (QED) is 0.676. The number of hydrogen-bond acceptors (Lipinski definition) is 3. The fraction of sp³-hybridized carbons (Fsp3) is 0.800. The molecule has 1 fully saturated rings. The van der Waals surface area contributed by atoms with E-state index in [-0.39, 0.29) is 12.4 Å². The Balaban J connectivity index is 2.49. The summed E-state index contributed by atoms with van der Waals surface area (Å²) < 4.78 is 10.7. The molecule has 0 aliphatic carbocycles. The SMILES string of the molecule is C=C[C@@H](O)[C@@H]1CCC(C)[C@@H](OC)O1. The van der Waals surface area contributed by atoms with Gasteiger partial charge < -0.3 is 14.6 Å². The van der Waals surface area contributed by atoms with E-state index in [0.29, 0.717) is 5.92 Å². The Morgan fingerprint density at radius 3 is 2.85 bits per heavy atom. The van der Waals surface area contributed by atoms with Crippen molar-refractivity contribution in [3.8, 4) is 0 Å². The normalized spacial score (nSPS) is 37.0. The molecule has 0 aromatic heterocycles. The molecule has 1 saturated heterocycles. The monoisotopic (exact) mass is 186 g/mol. The molecule has 76 valence electrons. The number of rotatable bonds is 3. The number of ether oxygens (including phenoxy) is 2. The fourth-order valence-electron chi connectivity index (χ4n) is 1.63. The van der Waals surface area contributed by atoms with Crippen LogP contribution in [0.25, 0.3) is 0 Å². The van der Waals surface area contributed by atoms with Gasteiger partial charge in [0.1, 0.15) is 0 Å². The molecule has 1 unspecified atom stereocenters. The molecule has 4 atom stereocenters. The maximum Gasteiger partial charge on any atom is 0.160 e. The Labute approximate surface area is 79.3 Å². The Kier molecular flexibility index (Phi) is 3.90. The minimum atomic E-state index is -0.579. The standard InChI is InChI=1S/C10H18O3/c1-4-8(11)9-6-5-7(2)10(12-3)13-9/h4,7-11H,1,5-6H2,2-3H3/t7?,8-,9+,10+/m1/s1. The van der Waals surface area contributed by atoms with Crippen molar-refractivity contribution in [3.05, 3.63) is 12.7 Å². The van der Waals surface area contributed by atoms with Gasteiger partial charge in [-0.1, -0.05) is 13.0 Å². The van der Waals surface area contributed by atoms with Crippen LogP contribution in [0.4, 0.5) is 0 Å². The van der Waals surface area contributed by atoms with Crippen molar-refractivity contribution in [2.75, 3.05) is 7.11 Å². The van der Waals surface area contributed by atoms with Crippen LogP contribution in [0.2, 0.25) is 0 Å². The Bertz CT molecular complexity index is 170. The van der Waals surface area contributed by atoms with Gasteiger partial charge in [-0.15, -0.1) is 6.58 Å². The number of aliphatic hydroxyl groups is 1. The van der Waals surface area contributed by atoms with Gasteiger partial charge in [0.15, 0.2) is 6.29 Å². The van der Waals surface area contributed by atoms with E-state index in [4.69, 9.17) is 9.47 Å². The molecule has 0 radical (unpaired) electrons. The van der Waals surface area contributed by atoms with Crippen molar-refractivity contribution in [2.45, 2.75) is 38.3 Å².